The Morgan fingerprint density at radius 1 is 1.75 bits per heavy atom. The molecular weight excluding hydrogens is 154 g/mol. The second kappa shape index (κ2) is 4.23. The van der Waals surface area contributed by atoms with Crippen LogP contribution in [0.5, 0.6) is 0 Å². The van der Waals surface area contributed by atoms with E-state index in [1.54, 1.807) is 12.5 Å². The molecule has 0 saturated heterocycles. The molecule has 0 aliphatic heterocycles. The lowest BCUT2D eigenvalue weighted by atomic mass is 10.2. The summed E-state index contributed by atoms with van der Waals surface area (Å²) in [6.45, 7) is 3.03. The molecule has 1 heterocycles. The third-order valence-corrected chi connectivity index (χ3v) is 1.91. The monoisotopic (exact) mass is 169 g/mol. The van der Waals surface area contributed by atoms with Crippen LogP contribution in [0.2, 0.25) is 0 Å². The van der Waals surface area contributed by atoms with Gasteiger partial charge in [0.1, 0.15) is 0 Å². The molecule has 0 spiro atoms. The van der Waals surface area contributed by atoms with Crippen LogP contribution in [-0.2, 0) is 6.54 Å². The topological polar surface area (TPSA) is 64.1 Å². The number of rotatable bonds is 4. The zero-order valence-corrected chi connectivity index (χ0v) is 7.27. The summed E-state index contributed by atoms with van der Waals surface area (Å²) in [5, 5.41) is 8.69. The number of aliphatic hydroxyl groups is 1. The highest BCUT2D eigenvalue weighted by Crippen LogP contribution is 2.12. The molecule has 68 valence electrons. The fraction of sp³-hybridized carbons (Fsp3) is 0.625. The van der Waals surface area contributed by atoms with Gasteiger partial charge in [0.2, 0.25) is 0 Å². The van der Waals surface area contributed by atoms with E-state index in [9.17, 15) is 0 Å². The Kier molecular flexibility index (Phi) is 3.25. The fourth-order valence-electron chi connectivity index (χ4n) is 1.19. The van der Waals surface area contributed by atoms with Gasteiger partial charge in [-0.25, -0.2) is 4.98 Å². The van der Waals surface area contributed by atoms with Crippen molar-refractivity contribution in [3.8, 4) is 0 Å². The van der Waals surface area contributed by atoms with Gasteiger partial charge in [0.05, 0.1) is 12.0 Å². The van der Waals surface area contributed by atoms with Crippen LogP contribution in [0, 0.1) is 0 Å². The molecular formula is C8H15N3O. The smallest absolute Gasteiger partial charge is 0.0948 e. The number of hydrogen-bond acceptors (Lipinski definition) is 3. The van der Waals surface area contributed by atoms with Crippen LogP contribution in [0.4, 0.5) is 0 Å². The third-order valence-electron chi connectivity index (χ3n) is 1.91. The predicted molar refractivity (Wildman–Crippen MR) is 46.5 cm³/mol. The Morgan fingerprint density at radius 2 is 2.50 bits per heavy atom. The van der Waals surface area contributed by atoms with E-state index in [0.717, 1.165) is 12.2 Å². The van der Waals surface area contributed by atoms with Crippen molar-refractivity contribution in [1.29, 1.82) is 0 Å². The van der Waals surface area contributed by atoms with Gasteiger partial charge in [-0.05, 0) is 13.3 Å². The van der Waals surface area contributed by atoms with Crippen molar-refractivity contribution in [3.05, 3.63) is 18.2 Å². The zero-order chi connectivity index (χ0) is 8.97. The summed E-state index contributed by atoms with van der Waals surface area (Å²) in [4.78, 5) is 4.00. The first-order valence-electron chi connectivity index (χ1n) is 4.16. The van der Waals surface area contributed by atoms with Crippen LogP contribution in [-0.4, -0.2) is 21.3 Å². The Bertz CT molecular complexity index is 234. The number of nitrogens with two attached hydrogens (primary N) is 1. The maximum Gasteiger partial charge on any atom is 0.0948 e. The quantitative estimate of drug-likeness (QED) is 0.680. The molecule has 0 aliphatic carbocycles. The van der Waals surface area contributed by atoms with Gasteiger partial charge in [-0.15, -0.1) is 0 Å². The lowest BCUT2D eigenvalue weighted by molar-refractivity contribution is 0.274. The highest BCUT2D eigenvalue weighted by Gasteiger charge is 2.09. The molecule has 4 heteroatoms. The van der Waals surface area contributed by atoms with Gasteiger partial charge >= 0.3 is 0 Å². The van der Waals surface area contributed by atoms with Crippen molar-refractivity contribution in [1.82, 2.24) is 9.55 Å². The van der Waals surface area contributed by atoms with E-state index in [1.165, 1.54) is 0 Å². The Morgan fingerprint density at radius 3 is 3.08 bits per heavy atom. The van der Waals surface area contributed by atoms with Gasteiger partial charge in [-0.3, -0.25) is 0 Å². The van der Waals surface area contributed by atoms with Crippen molar-refractivity contribution < 1.29 is 5.11 Å². The average molecular weight is 169 g/mol. The summed E-state index contributed by atoms with van der Waals surface area (Å²) < 4.78 is 1.99. The zero-order valence-electron chi connectivity index (χ0n) is 7.27. The second-order valence-corrected chi connectivity index (χ2v) is 2.72. The first-order chi connectivity index (χ1) is 5.79. The number of nitrogens with zero attached hydrogens (tertiary/aromatic N) is 2. The lowest BCUT2D eigenvalue weighted by Gasteiger charge is -2.11. The molecule has 1 atom stereocenters. The summed E-state index contributed by atoms with van der Waals surface area (Å²) in [6.07, 6.45) is 4.10. The van der Waals surface area contributed by atoms with E-state index >= 15 is 0 Å². The average Bonchev–Trinajstić information content (AvgIpc) is 2.51. The van der Waals surface area contributed by atoms with E-state index in [0.29, 0.717) is 6.42 Å². The predicted octanol–water partition coefficient (Wildman–Crippen LogP) is 0.285. The Hall–Kier alpha value is -0.870. The van der Waals surface area contributed by atoms with E-state index in [4.69, 9.17) is 10.8 Å². The molecule has 3 N–H and O–H groups in total. The van der Waals surface area contributed by atoms with Crippen LogP contribution < -0.4 is 5.73 Å². The summed E-state index contributed by atoms with van der Waals surface area (Å²) in [6, 6.07) is -0.0996. The summed E-state index contributed by atoms with van der Waals surface area (Å²) >= 11 is 0. The van der Waals surface area contributed by atoms with Crippen LogP contribution in [0.25, 0.3) is 0 Å². The minimum atomic E-state index is -0.0996. The second-order valence-electron chi connectivity index (χ2n) is 2.72. The van der Waals surface area contributed by atoms with Crippen molar-refractivity contribution in [2.75, 3.05) is 6.61 Å². The number of aryl methyl sites for hydroxylation is 1. The van der Waals surface area contributed by atoms with Gasteiger partial charge in [-0.2, -0.15) is 0 Å². The summed E-state index contributed by atoms with van der Waals surface area (Å²) in [5.41, 5.74) is 6.80. The molecule has 0 amide bonds. The van der Waals surface area contributed by atoms with E-state index in [2.05, 4.69) is 4.98 Å². The maximum atomic E-state index is 8.69. The summed E-state index contributed by atoms with van der Waals surface area (Å²) in [5.74, 6) is 0. The molecule has 0 saturated carbocycles. The van der Waals surface area contributed by atoms with Gasteiger partial charge < -0.3 is 15.4 Å². The summed E-state index contributed by atoms with van der Waals surface area (Å²) in [7, 11) is 0. The molecule has 0 radical (unpaired) electrons. The SMILES string of the molecule is CCn1cncc1C(N)CCO. The largest absolute Gasteiger partial charge is 0.396 e. The number of aromatic nitrogens is 2. The van der Waals surface area contributed by atoms with Gasteiger partial charge in [0, 0.05) is 25.4 Å². The van der Waals surface area contributed by atoms with Crippen LogP contribution in [0.3, 0.4) is 0 Å². The van der Waals surface area contributed by atoms with Crippen molar-refractivity contribution in [2.45, 2.75) is 25.9 Å². The normalized spacial score (nSPS) is 13.2. The molecule has 1 unspecified atom stereocenters. The minimum absolute atomic E-state index is 0.0996. The molecule has 0 aromatic carbocycles. The van der Waals surface area contributed by atoms with E-state index < -0.39 is 0 Å². The van der Waals surface area contributed by atoms with E-state index in [1.807, 2.05) is 11.5 Å². The van der Waals surface area contributed by atoms with Crippen LogP contribution >= 0.6 is 0 Å². The maximum absolute atomic E-state index is 8.69. The lowest BCUT2D eigenvalue weighted by Crippen LogP contribution is -2.16. The molecule has 0 fully saturated rings. The van der Waals surface area contributed by atoms with Crippen molar-refractivity contribution in [3.63, 3.8) is 0 Å². The number of aliphatic hydroxyl groups excluding tert-OH is 1. The highest BCUT2D eigenvalue weighted by atomic mass is 16.3. The fourth-order valence-corrected chi connectivity index (χ4v) is 1.19. The standard InChI is InChI=1S/C8H15N3O/c1-2-11-6-10-5-8(11)7(9)3-4-12/h5-7,12H,2-4,9H2,1H3. The molecule has 1 aromatic rings. The number of hydrogen-bond donors (Lipinski definition) is 2. The minimum Gasteiger partial charge on any atom is -0.396 e. The highest BCUT2D eigenvalue weighted by molar-refractivity contribution is 5.04. The molecule has 0 bridgehead atoms. The molecule has 12 heavy (non-hydrogen) atoms. The van der Waals surface area contributed by atoms with E-state index in [-0.39, 0.29) is 12.6 Å². The molecule has 0 aliphatic rings. The van der Waals surface area contributed by atoms with Crippen LogP contribution in [0.15, 0.2) is 12.5 Å². The van der Waals surface area contributed by atoms with Crippen molar-refractivity contribution in [2.24, 2.45) is 5.73 Å². The molecule has 4 nitrogen and oxygen atoms in total. The van der Waals surface area contributed by atoms with Crippen LogP contribution in [0.1, 0.15) is 25.1 Å². The third kappa shape index (κ3) is 1.84. The molecule has 1 rings (SSSR count). The Labute approximate surface area is 72.0 Å². The Balaban J connectivity index is 2.71. The molecule has 1 aromatic heterocycles. The van der Waals surface area contributed by atoms with Gasteiger partial charge in [0.25, 0.3) is 0 Å². The van der Waals surface area contributed by atoms with Gasteiger partial charge in [0.15, 0.2) is 0 Å². The number of imidazole rings is 1. The first kappa shape index (κ1) is 9.22. The van der Waals surface area contributed by atoms with Gasteiger partial charge in [-0.1, -0.05) is 0 Å². The van der Waals surface area contributed by atoms with Crippen molar-refractivity contribution >= 4 is 0 Å². The first-order valence-corrected chi connectivity index (χ1v) is 4.16.